The summed E-state index contributed by atoms with van der Waals surface area (Å²) in [6.07, 6.45) is 2.29. The number of aliphatic hydroxyl groups is 1. The van der Waals surface area contributed by atoms with E-state index in [-0.39, 0.29) is 6.10 Å². The molecule has 0 aromatic carbocycles. The van der Waals surface area contributed by atoms with Gasteiger partial charge in [0.25, 0.3) is 0 Å². The Morgan fingerprint density at radius 1 is 1.50 bits per heavy atom. The predicted molar refractivity (Wildman–Crippen MR) is 55.9 cm³/mol. The Labute approximate surface area is 86.0 Å². The van der Waals surface area contributed by atoms with Gasteiger partial charge in [0.15, 0.2) is 6.29 Å². The topological polar surface area (TPSA) is 58.7 Å². The maximum absolute atomic E-state index is 9.45. The first-order valence-electron chi connectivity index (χ1n) is 5.37. The largest absolute Gasteiger partial charge is 0.368 e. The third kappa shape index (κ3) is 3.53. The molecule has 0 spiro atoms. The molecular formula is C10H22N2O2. The fraction of sp³-hybridized carbons (Fsp3) is 1.00. The smallest absolute Gasteiger partial charge is 0.156 e. The lowest BCUT2D eigenvalue weighted by atomic mass is 10.0. The van der Waals surface area contributed by atoms with Gasteiger partial charge in [-0.1, -0.05) is 0 Å². The normalized spacial score (nSPS) is 33.6. The summed E-state index contributed by atoms with van der Waals surface area (Å²) in [6.45, 7) is 3.73. The second-order valence-corrected chi connectivity index (χ2v) is 4.15. The molecule has 3 N–H and O–H groups in total. The fourth-order valence-corrected chi connectivity index (χ4v) is 1.97. The molecule has 1 aliphatic heterocycles. The van der Waals surface area contributed by atoms with E-state index in [0.717, 1.165) is 25.9 Å². The highest BCUT2D eigenvalue weighted by Crippen LogP contribution is 2.21. The molecular weight excluding hydrogens is 180 g/mol. The van der Waals surface area contributed by atoms with Crippen LogP contribution in [0.1, 0.15) is 26.2 Å². The van der Waals surface area contributed by atoms with Gasteiger partial charge in [-0.3, -0.25) is 0 Å². The van der Waals surface area contributed by atoms with Crippen molar-refractivity contribution in [3.8, 4) is 0 Å². The minimum absolute atomic E-state index is 0.157. The standard InChI is InChI=1S/C10H22N2O2/c1-8-6-9(7-10(13)14-8)12(2)5-3-4-11/h8-10,13H,3-7,11H2,1-2H3/t8?,9-,10+/m0/s1. The SMILES string of the molecule is CC1C[C@H](N(C)CCCN)C[C@H](O)O1. The zero-order valence-corrected chi connectivity index (χ0v) is 9.15. The Hall–Kier alpha value is -0.160. The molecule has 14 heavy (non-hydrogen) atoms. The van der Waals surface area contributed by atoms with Crippen LogP contribution in [0.2, 0.25) is 0 Å². The maximum Gasteiger partial charge on any atom is 0.156 e. The minimum Gasteiger partial charge on any atom is -0.368 e. The average molecular weight is 202 g/mol. The van der Waals surface area contributed by atoms with Crippen LogP contribution in [0.25, 0.3) is 0 Å². The molecule has 0 aromatic heterocycles. The molecule has 1 fully saturated rings. The Morgan fingerprint density at radius 3 is 2.79 bits per heavy atom. The second kappa shape index (κ2) is 5.66. The molecule has 0 aromatic rings. The van der Waals surface area contributed by atoms with E-state index in [0.29, 0.717) is 12.5 Å². The van der Waals surface area contributed by atoms with Crippen LogP contribution in [-0.2, 0) is 4.74 Å². The van der Waals surface area contributed by atoms with Crippen LogP contribution in [0.5, 0.6) is 0 Å². The highest BCUT2D eigenvalue weighted by molar-refractivity contribution is 4.77. The van der Waals surface area contributed by atoms with Crippen molar-refractivity contribution in [2.45, 2.75) is 44.6 Å². The number of nitrogens with two attached hydrogens (primary N) is 1. The summed E-state index contributed by atoms with van der Waals surface area (Å²) in [6, 6.07) is 0.431. The molecule has 4 nitrogen and oxygen atoms in total. The summed E-state index contributed by atoms with van der Waals surface area (Å²) >= 11 is 0. The molecule has 1 unspecified atom stereocenters. The van der Waals surface area contributed by atoms with Crippen molar-refractivity contribution in [2.24, 2.45) is 5.73 Å². The molecule has 1 saturated heterocycles. The summed E-state index contributed by atoms with van der Waals surface area (Å²) in [5.41, 5.74) is 5.46. The van der Waals surface area contributed by atoms with E-state index < -0.39 is 6.29 Å². The van der Waals surface area contributed by atoms with Crippen LogP contribution >= 0.6 is 0 Å². The second-order valence-electron chi connectivity index (χ2n) is 4.15. The molecule has 3 atom stereocenters. The van der Waals surface area contributed by atoms with Gasteiger partial charge in [0.05, 0.1) is 6.10 Å². The number of ether oxygens (including phenoxy) is 1. The number of rotatable bonds is 4. The van der Waals surface area contributed by atoms with E-state index in [1.807, 2.05) is 6.92 Å². The first-order valence-corrected chi connectivity index (χ1v) is 5.37. The molecule has 0 amide bonds. The van der Waals surface area contributed by atoms with E-state index in [2.05, 4.69) is 11.9 Å². The monoisotopic (exact) mass is 202 g/mol. The number of hydrogen-bond acceptors (Lipinski definition) is 4. The molecule has 84 valence electrons. The summed E-state index contributed by atoms with van der Waals surface area (Å²) in [5, 5.41) is 9.45. The Kier molecular flexibility index (Phi) is 4.81. The lowest BCUT2D eigenvalue weighted by Crippen LogP contribution is -2.43. The van der Waals surface area contributed by atoms with E-state index >= 15 is 0 Å². The molecule has 0 saturated carbocycles. The molecule has 0 aliphatic carbocycles. The van der Waals surface area contributed by atoms with Crippen molar-refractivity contribution in [3.63, 3.8) is 0 Å². The first-order chi connectivity index (χ1) is 6.63. The van der Waals surface area contributed by atoms with E-state index in [4.69, 9.17) is 10.5 Å². The first kappa shape index (κ1) is 11.9. The van der Waals surface area contributed by atoms with E-state index in [1.54, 1.807) is 0 Å². The lowest BCUT2D eigenvalue weighted by molar-refractivity contribution is -0.173. The van der Waals surface area contributed by atoms with Crippen molar-refractivity contribution < 1.29 is 9.84 Å². The zero-order chi connectivity index (χ0) is 10.6. The summed E-state index contributed by atoms with van der Waals surface area (Å²) in [4.78, 5) is 2.27. The molecule has 1 aliphatic rings. The Bertz CT molecular complexity index is 156. The van der Waals surface area contributed by atoms with E-state index in [9.17, 15) is 5.11 Å². The Morgan fingerprint density at radius 2 is 2.21 bits per heavy atom. The number of hydrogen-bond donors (Lipinski definition) is 2. The van der Waals surface area contributed by atoms with Gasteiger partial charge in [-0.2, -0.15) is 0 Å². The van der Waals surface area contributed by atoms with Crippen LogP contribution in [0.4, 0.5) is 0 Å². The molecule has 0 bridgehead atoms. The molecule has 1 rings (SSSR count). The van der Waals surface area contributed by atoms with Crippen LogP contribution < -0.4 is 5.73 Å². The van der Waals surface area contributed by atoms with Crippen molar-refractivity contribution >= 4 is 0 Å². The maximum atomic E-state index is 9.45. The Balaban J connectivity index is 2.34. The van der Waals surface area contributed by atoms with E-state index in [1.165, 1.54) is 0 Å². The third-order valence-corrected chi connectivity index (χ3v) is 2.81. The lowest BCUT2D eigenvalue weighted by Gasteiger charge is -2.36. The molecule has 0 radical (unpaired) electrons. The predicted octanol–water partition coefficient (Wildman–Crippen LogP) is 0.153. The van der Waals surface area contributed by atoms with Crippen molar-refractivity contribution in [3.05, 3.63) is 0 Å². The highest BCUT2D eigenvalue weighted by atomic mass is 16.6. The summed E-state index contributed by atoms with van der Waals surface area (Å²) in [7, 11) is 2.09. The summed E-state index contributed by atoms with van der Waals surface area (Å²) in [5.74, 6) is 0. The van der Waals surface area contributed by atoms with Gasteiger partial charge in [-0.15, -0.1) is 0 Å². The number of aliphatic hydroxyl groups excluding tert-OH is 1. The zero-order valence-electron chi connectivity index (χ0n) is 9.15. The number of nitrogens with zero attached hydrogens (tertiary/aromatic N) is 1. The third-order valence-electron chi connectivity index (χ3n) is 2.81. The molecule has 1 heterocycles. The van der Waals surface area contributed by atoms with Gasteiger partial charge in [-0.05, 0) is 39.9 Å². The van der Waals surface area contributed by atoms with Crippen LogP contribution in [0.15, 0.2) is 0 Å². The minimum atomic E-state index is -0.593. The van der Waals surface area contributed by atoms with Crippen molar-refractivity contribution in [1.82, 2.24) is 4.90 Å². The fourth-order valence-electron chi connectivity index (χ4n) is 1.97. The molecule has 4 heteroatoms. The van der Waals surface area contributed by atoms with Gasteiger partial charge in [0, 0.05) is 12.5 Å². The van der Waals surface area contributed by atoms with Crippen LogP contribution in [-0.4, -0.2) is 48.6 Å². The van der Waals surface area contributed by atoms with Gasteiger partial charge < -0.3 is 20.5 Å². The quantitative estimate of drug-likeness (QED) is 0.681. The van der Waals surface area contributed by atoms with Gasteiger partial charge >= 0.3 is 0 Å². The van der Waals surface area contributed by atoms with Crippen molar-refractivity contribution in [2.75, 3.05) is 20.1 Å². The van der Waals surface area contributed by atoms with Crippen LogP contribution in [0, 0.1) is 0 Å². The van der Waals surface area contributed by atoms with Crippen molar-refractivity contribution in [1.29, 1.82) is 0 Å². The summed E-state index contributed by atoms with van der Waals surface area (Å²) < 4.78 is 5.28. The van der Waals surface area contributed by atoms with Gasteiger partial charge in [0.2, 0.25) is 0 Å². The van der Waals surface area contributed by atoms with Crippen LogP contribution in [0.3, 0.4) is 0 Å². The van der Waals surface area contributed by atoms with Gasteiger partial charge in [-0.25, -0.2) is 0 Å². The average Bonchev–Trinajstić information content (AvgIpc) is 2.12. The highest BCUT2D eigenvalue weighted by Gasteiger charge is 2.27. The van der Waals surface area contributed by atoms with Gasteiger partial charge in [0.1, 0.15) is 0 Å².